The van der Waals surface area contributed by atoms with E-state index in [4.69, 9.17) is 4.74 Å². The van der Waals surface area contributed by atoms with Crippen molar-refractivity contribution in [2.45, 2.75) is 19.8 Å². The molecule has 0 aliphatic heterocycles. The minimum absolute atomic E-state index is 0.00690. The van der Waals surface area contributed by atoms with E-state index in [1.54, 1.807) is 18.2 Å². The molecule has 0 unspecified atom stereocenters. The molecule has 7 heteroatoms. The molecule has 0 bridgehead atoms. The topological polar surface area (TPSA) is 93.5 Å². The molecule has 138 valence electrons. The van der Waals surface area contributed by atoms with Crippen molar-refractivity contribution in [2.24, 2.45) is 0 Å². The van der Waals surface area contributed by atoms with Crippen molar-refractivity contribution in [3.8, 4) is 5.75 Å². The molecule has 0 heterocycles. The summed E-state index contributed by atoms with van der Waals surface area (Å²) in [6.07, 6.45) is 0. The number of hydrogen-bond acceptors (Lipinski definition) is 5. The van der Waals surface area contributed by atoms with Gasteiger partial charge >= 0.3 is 0 Å². The van der Waals surface area contributed by atoms with Crippen LogP contribution in [0, 0.1) is 10.1 Å². The molecule has 0 aromatic heterocycles. The van der Waals surface area contributed by atoms with E-state index in [1.165, 1.54) is 6.07 Å². The van der Waals surface area contributed by atoms with Gasteiger partial charge in [0.15, 0.2) is 6.61 Å². The van der Waals surface area contributed by atoms with E-state index in [1.807, 2.05) is 24.3 Å². The van der Waals surface area contributed by atoms with Crippen LogP contribution in [-0.4, -0.2) is 30.5 Å². The lowest BCUT2D eigenvalue weighted by molar-refractivity contribution is -0.384. The van der Waals surface area contributed by atoms with Crippen LogP contribution in [0.25, 0.3) is 0 Å². The van der Waals surface area contributed by atoms with E-state index in [0.29, 0.717) is 30.4 Å². The quantitative estimate of drug-likeness (QED) is 0.408. The van der Waals surface area contributed by atoms with Gasteiger partial charge in [-0.15, -0.1) is 0 Å². The van der Waals surface area contributed by atoms with Crippen molar-refractivity contribution < 1.29 is 14.5 Å². The summed E-state index contributed by atoms with van der Waals surface area (Å²) in [6, 6.07) is 14.0. The number of para-hydroxylation sites is 3. The molecule has 26 heavy (non-hydrogen) atoms. The van der Waals surface area contributed by atoms with Gasteiger partial charge in [-0.1, -0.05) is 44.2 Å². The lowest BCUT2D eigenvalue weighted by Gasteiger charge is -2.14. The molecule has 2 aromatic rings. The van der Waals surface area contributed by atoms with Crippen LogP contribution in [0.1, 0.15) is 25.3 Å². The number of rotatable bonds is 9. The highest BCUT2D eigenvalue weighted by molar-refractivity contribution is 5.77. The van der Waals surface area contributed by atoms with Gasteiger partial charge < -0.3 is 15.4 Å². The van der Waals surface area contributed by atoms with Gasteiger partial charge in [-0.2, -0.15) is 0 Å². The van der Waals surface area contributed by atoms with Crippen molar-refractivity contribution in [3.63, 3.8) is 0 Å². The van der Waals surface area contributed by atoms with Gasteiger partial charge in [0.25, 0.3) is 11.6 Å². The number of hydrogen-bond donors (Lipinski definition) is 2. The largest absolute Gasteiger partial charge is 0.483 e. The average molecular weight is 357 g/mol. The number of benzene rings is 2. The Morgan fingerprint density at radius 3 is 2.54 bits per heavy atom. The number of ether oxygens (including phenoxy) is 1. The Balaban J connectivity index is 1.76. The van der Waals surface area contributed by atoms with Crippen LogP contribution >= 0.6 is 0 Å². The Bertz CT molecular complexity index is 762. The number of nitro groups is 1. The molecule has 0 aliphatic carbocycles. The Kier molecular flexibility index (Phi) is 6.96. The summed E-state index contributed by atoms with van der Waals surface area (Å²) in [7, 11) is 0. The standard InChI is InChI=1S/C19H23N3O4/c1-14(2)15-7-3-6-10-18(15)26-13-19(23)21-12-11-20-16-8-4-5-9-17(16)22(24)25/h3-10,14,20H,11-13H2,1-2H3,(H,21,23). The van der Waals surface area contributed by atoms with Gasteiger partial charge in [-0.25, -0.2) is 0 Å². The number of nitrogens with one attached hydrogen (secondary N) is 2. The van der Waals surface area contributed by atoms with Gasteiger partial charge in [0.1, 0.15) is 11.4 Å². The summed E-state index contributed by atoms with van der Waals surface area (Å²) in [5, 5.41) is 16.6. The monoisotopic (exact) mass is 357 g/mol. The lowest BCUT2D eigenvalue weighted by atomic mass is 10.0. The first kappa shape index (κ1) is 19.2. The van der Waals surface area contributed by atoms with Crippen LogP contribution in [0.15, 0.2) is 48.5 Å². The number of carbonyl (C=O) groups excluding carboxylic acids is 1. The Labute approximate surface area is 152 Å². The predicted octanol–water partition coefficient (Wildman–Crippen LogP) is 3.33. The van der Waals surface area contributed by atoms with Crippen molar-refractivity contribution in [1.29, 1.82) is 0 Å². The molecule has 0 atom stereocenters. The van der Waals surface area contributed by atoms with Crippen LogP contribution in [0.2, 0.25) is 0 Å². The van der Waals surface area contributed by atoms with Gasteiger partial charge in [-0.3, -0.25) is 14.9 Å². The molecule has 2 N–H and O–H groups in total. The van der Waals surface area contributed by atoms with Gasteiger partial charge in [-0.05, 0) is 23.6 Å². The number of nitro benzene ring substituents is 1. The van der Waals surface area contributed by atoms with Crippen molar-refractivity contribution in [1.82, 2.24) is 5.32 Å². The first-order valence-corrected chi connectivity index (χ1v) is 8.44. The summed E-state index contributed by atoms with van der Waals surface area (Å²) >= 11 is 0. The summed E-state index contributed by atoms with van der Waals surface area (Å²) < 4.78 is 5.60. The molecular formula is C19H23N3O4. The number of carbonyl (C=O) groups is 1. The van der Waals surface area contributed by atoms with Crippen molar-refractivity contribution in [2.75, 3.05) is 25.0 Å². The van der Waals surface area contributed by atoms with Crippen LogP contribution in [0.4, 0.5) is 11.4 Å². The van der Waals surface area contributed by atoms with E-state index in [0.717, 1.165) is 5.56 Å². The molecule has 0 spiro atoms. The molecule has 0 saturated heterocycles. The third-order valence-electron chi connectivity index (χ3n) is 3.76. The minimum atomic E-state index is -0.444. The van der Waals surface area contributed by atoms with Crippen LogP contribution < -0.4 is 15.4 Å². The highest BCUT2D eigenvalue weighted by Gasteiger charge is 2.12. The maximum Gasteiger partial charge on any atom is 0.292 e. The molecule has 2 rings (SSSR count). The fourth-order valence-corrected chi connectivity index (χ4v) is 2.46. The predicted molar refractivity (Wildman–Crippen MR) is 101 cm³/mol. The van der Waals surface area contributed by atoms with E-state index in [9.17, 15) is 14.9 Å². The summed E-state index contributed by atoms with van der Waals surface area (Å²) in [5.41, 5.74) is 1.49. The molecular weight excluding hydrogens is 334 g/mol. The Morgan fingerprint density at radius 1 is 1.12 bits per heavy atom. The highest BCUT2D eigenvalue weighted by Crippen LogP contribution is 2.25. The average Bonchev–Trinajstić information content (AvgIpc) is 2.64. The second-order valence-corrected chi connectivity index (χ2v) is 6.03. The van der Waals surface area contributed by atoms with Crippen LogP contribution in [0.5, 0.6) is 5.75 Å². The summed E-state index contributed by atoms with van der Waals surface area (Å²) in [6.45, 7) is 4.77. The number of nitrogens with zero attached hydrogens (tertiary/aromatic N) is 1. The summed E-state index contributed by atoms with van der Waals surface area (Å²) in [4.78, 5) is 22.4. The molecule has 0 radical (unpaired) electrons. The fourth-order valence-electron chi connectivity index (χ4n) is 2.46. The van der Waals surface area contributed by atoms with Gasteiger partial charge in [0.05, 0.1) is 4.92 Å². The SMILES string of the molecule is CC(C)c1ccccc1OCC(=O)NCCNc1ccccc1[N+](=O)[O-]. The molecule has 1 amide bonds. The van der Waals surface area contributed by atoms with E-state index >= 15 is 0 Å². The second-order valence-electron chi connectivity index (χ2n) is 6.03. The first-order valence-electron chi connectivity index (χ1n) is 8.44. The van der Waals surface area contributed by atoms with E-state index in [-0.39, 0.29) is 18.2 Å². The second kappa shape index (κ2) is 9.41. The normalized spacial score (nSPS) is 10.4. The first-order chi connectivity index (χ1) is 12.5. The molecule has 2 aromatic carbocycles. The Hall–Kier alpha value is -3.09. The smallest absolute Gasteiger partial charge is 0.292 e. The highest BCUT2D eigenvalue weighted by atomic mass is 16.6. The Morgan fingerprint density at radius 2 is 1.81 bits per heavy atom. The van der Waals surface area contributed by atoms with Crippen LogP contribution in [0.3, 0.4) is 0 Å². The maximum absolute atomic E-state index is 11.9. The zero-order valence-electron chi connectivity index (χ0n) is 14.9. The fraction of sp³-hybridized carbons (Fsp3) is 0.316. The maximum atomic E-state index is 11.9. The van der Waals surface area contributed by atoms with Crippen molar-refractivity contribution >= 4 is 17.3 Å². The number of amides is 1. The van der Waals surface area contributed by atoms with E-state index in [2.05, 4.69) is 24.5 Å². The third kappa shape index (κ3) is 5.47. The molecule has 0 aliphatic rings. The van der Waals surface area contributed by atoms with Crippen LogP contribution in [-0.2, 0) is 4.79 Å². The molecule has 0 fully saturated rings. The number of anilines is 1. The van der Waals surface area contributed by atoms with E-state index < -0.39 is 4.92 Å². The zero-order valence-corrected chi connectivity index (χ0v) is 14.9. The summed E-state index contributed by atoms with van der Waals surface area (Å²) in [5.74, 6) is 0.767. The zero-order chi connectivity index (χ0) is 18.9. The minimum Gasteiger partial charge on any atom is -0.483 e. The van der Waals surface area contributed by atoms with Gasteiger partial charge in [0, 0.05) is 19.2 Å². The van der Waals surface area contributed by atoms with Gasteiger partial charge in [0.2, 0.25) is 0 Å². The molecule has 0 saturated carbocycles. The van der Waals surface area contributed by atoms with Crippen molar-refractivity contribution in [3.05, 3.63) is 64.2 Å². The molecule has 7 nitrogen and oxygen atoms in total. The third-order valence-corrected chi connectivity index (χ3v) is 3.76. The lowest BCUT2D eigenvalue weighted by Crippen LogP contribution is -2.32.